The average Bonchev–Trinajstić information content (AvgIpc) is 3.19. The zero-order chi connectivity index (χ0) is 34.4. The third-order valence-electron chi connectivity index (χ3n) is 10.4. The predicted molar refractivity (Wildman–Crippen MR) is 205 cm³/mol. The van der Waals surface area contributed by atoms with Gasteiger partial charge >= 0.3 is 5.63 Å². The molecular formula is C46H37NO4. The fourth-order valence-corrected chi connectivity index (χ4v) is 7.84. The highest BCUT2D eigenvalue weighted by Gasteiger charge is 2.39. The van der Waals surface area contributed by atoms with Gasteiger partial charge in [0, 0.05) is 46.2 Å². The molecule has 0 aliphatic carbocycles. The van der Waals surface area contributed by atoms with Crippen LogP contribution in [0.3, 0.4) is 0 Å². The zero-order valence-electron chi connectivity index (χ0n) is 28.4. The van der Waals surface area contributed by atoms with Gasteiger partial charge in [0.15, 0.2) is 5.60 Å². The van der Waals surface area contributed by atoms with Gasteiger partial charge in [0.1, 0.15) is 11.5 Å². The van der Waals surface area contributed by atoms with Gasteiger partial charge in [-0.3, -0.25) is 0 Å². The molecule has 6 aromatic carbocycles. The van der Waals surface area contributed by atoms with Crippen molar-refractivity contribution in [3.63, 3.8) is 0 Å². The van der Waals surface area contributed by atoms with E-state index >= 15 is 0 Å². The van der Waals surface area contributed by atoms with Gasteiger partial charge < -0.3 is 18.8 Å². The van der Waals surface area contributed by atoms with Crippen LogP contribution < -0.4 is 15.3 Å². The SMILES string of the molecule is Cc1ccc2c3c(c4c(=O)oc(C(c5ccccc5)c5ccccc5)cc4c2c1)C=CC(c1ccccc1)(c1ccc(N2CCOCC2)cc1)O3. The van der Waals surface area contributed by atoms with Crippen LogP contribution in [0.5, 0.6) is 5.75 Å². The van der Waals surface area contributed by atoms with Gasteiger partial charge in [-0.15, -0.1) is 0 Å². The minimum Gasteiger partial charge on any atom is -0.472 e. The Bertz CT molecular complexity index is 2410. The molecule has 0 radical (unpaired) electrons. The summed E-state index contributed by atoms with van der Waals surface area (Å²) in [4.78, 5) is 16.7. The number of fused-ring (bicyclic) bond motifs is 6. The van der Waals surface area contributed by atoms with Gasteiger partial charge in [0.05, 0.1) is 24.5 Å². The molecule has 5 heteroatoms. The van der Waals surface area contributed by atoms with E-state index in [1.165, 1.54) is 0 Å². The fraction of sp³-hybridized carbons (Fsp3) is 0.152. The number of hydrogen-bond acceptors (Lipinski definition) is 5. The number of nitrogens with zero attached hydrogens (tertiary/aromatic N) is 1. The number of rotatable bonds is 6. The topological polar surface area (TPSA) is 51.9 Å². The van der Waals surface area contributed by atoms with E-state index in [-0.39, 0.29) is 11.5 Å². The van der Waals surface area contributed by atoms with Gasteiger partial charge in [0.25, 0.3) is 0 Å². The van der Waals surface area contributed by atoms with Crippen molar-refractivity contribution in [3.8, 4) is 5.75 Å². The second-order valence-electron chi connectivity index (χ2n) is 13.5. The molecule has 0 amide bonds. The quantitative estimate of drug-likeness (QED) is 0.165. The third kappa shape index (κ3) is 5.42. The lowest BCUT2D eigenvalue weighted by Crippen LogP contribution is -2.37. The molecule has 2 aliphatic heterocycles. The molecule has 0 bridgehead atoms. The normalized spacial score (nSPS) is 17.1. The number of hydrogen-bond donors (Lipinski definition) is 0. The van der Waals surface area contributed by atoms with Gasteiger partial charge in [-0.2, -0.15) is 0 Å². The van der Waals surface area contributed by atoms with Crippen LogP contribution in [0.15, 0.2) is 155 Å². The summed E-state index contributed by atoms with van der Waals surface area (Å²) < 4.78 is 19.2. The van der Waals surface area contributed by atoms with Gasteiger partial charge in [-0.25, -0.2) is 4.79 Å². The standard InChI is InChI=1S/C46H37NO4/c1-31-17-22-37-39(29-31)40-30-41(42(32-11-5-2-6-12-32)33-13-7-3-8-14-33)50-45(48)43(40)38-23-24-46(51-44(37)38,34-15-9-4-10-16-34)35-18-20-36(21-19-35)47-25-27-49-28-26-47/h2-24,29-30,42H,25-28H2,1H3. The molecule has 0 spiro atoms. The Hall–Kier alpha value is -5.91. The first-order valence-corrected chi connectivity index (χ1v) is 17.6. The maximum atomic E-state index is 14.4. The Labute approximate surface area is 297 Å². The first-order chi connectivity index (χ1) is 25.1. The van der Waals surface area contributed by atoms with Gasteiger partial charge in [-0.05, 0) is 53.8 Å². The van der Waals surface area contributed by atoms with E-state index in [1.54, 1.807) is 0 Å². The van der Waals surface area contributed by atoms with E-state index in [0.29, 0.717) is 16.9 Å². The lowest BCUT2D eigenvalue weighted by Gasteiger charge is -2.37. The number of benzene rings is 6. The Kier molecular flexibility index (Phi) is 7.78. The van der Waals surface area contributed by atoms with Crippen LogP contribution in [0.25, 0.3) is 27.6 Å². The number of aryl methyl sites for hydroxylation is 1. The van der Waals surface area contributed by atoms with E-state index in [1.807, 2.05) is 54.6 Å². The molecule has 5 nitrogen and oxygen atoms in total. The van der Waals surface area contributed by atoms with E-state index < -0.39 is 5.60 Å². The molecular weight excluding hydrogens is 631 g/mol. The summed E-state index contributed by atoms with van der Waals surface area (Å²) in [6.07, 6.45) is 4.16. The molecule has 1 unspecified atom stereocenters. The van der Waals surface area contributed by atoms with E-state index in [9.17, 15) is 4.79 Å². The lowest BCUT2D eigenvalue weighted by atomic mass is 9.82. The Morgan fingerprint density at radius 3 is 1.96 bits per heavy atom. The molecule has 250 valence electrons. The predicted octanol–water partition coefficient (Wildman–Crippen LogP) is 9.62. The molecule has 9 rings (SSSR count). The monoisotopic (exact) mass is 667 g/mol. The molecule has 3 heterocycles. The van der Waals surface area contributed by atoms with Crippen LogP contribution in [0.2, 0.25) is 0 Å². The highest BCUT2D eigenvalue weighted by molar-refractivity contribution is 6.14. The Morgan fingerprint density at radius 1 is 0.667 bits per heavy atom. The van der Waals surface area contributed by atoms with Crippen LogP contribution in [0.1, 0.15) is 45.1 Å². The highest BCUT2D eigenvalue weighted by atomic mass is 16.5. The summed E-state index contributed by atoms with van der Waals surface area (Å²) in [7, 11) is 0. The second kappa shape index (κ2) is 12.8. The van der Waals surface area contributed by atoms with Crippen molar-refractivity contribution in [1.29, 1.82) is 0 Å². The molecule has 2 aliphatic rings. The van der Waals surface area contributed by atoms with Crippen LogP contribution in [-0.2, 0) is 10.3 Å². The molecule has 1 saturated heterocycles. The molecule has 0 N–H and O–H groups in total. The summed E-state index contributed by atoms with van der Waals surface area (Å²) in [6.45, 7) is 5.28. The summed E-state index contributed by atoms with van der Waals surface area (Å²) in [5, 5.41) is 3.28. The van der Waals surface area contributed by atoms with E-state index in [4.69, 9.17) is 13.9 Å². The smallest absolute Gasteiger partial charge is 0.344 e. The highest BCUT2D eigenvalue weighted by Crippen LogP contribution is 2.48. The Morgan fingerprint density at radius 2 is 1.29 bits per heavy atom. The third-order valence-corrected chi connectivity index (χ3v) is 10.4. The average molecular weight is 668 g/mol. The maximum Gasteiger partial charge on any atom is 0.344 e. The first kappa shape index (κ1) is 31.1. The number of ether oxygens (including phenoxy) is 2. The molecule has 1 fully saturated rings. The van der Waals surface area contributed by atoms with Crippen molar-refractivity contribution in [1.82, 2.24) is 0 Å². The van der Waals surface area contributed by atoms with Crippen LogP contribution >= 0.6 is 0 Å². The second-order valence-corrected chi connectivity index (χ2v) is 13.5. The largest absolute Gasteiger partial charge is 0.472 e. The van der Waals surface area contributed by atoms with Gasteiger partial charge in [-0.1, -0.05) is 127 Å². The number of anilines is 1. The minimum atomic E-state index is -0.921. The summed E-state index contributed by atoms with van der Waals surface area (Å²) in [5.74, 6) is 1.02. The van der Waals surface area contributed by atoms with Crippen molar-refractivity contribution < 1.29 is 13.9 Å². The van der Waals surface area contributed by atoms with Crippen LogP contribution in [0.4, 0.5) is 5.69 Å². The van der Waals surface area contributed by atoms with Crippen molar-refractivity contribution in [2.75, 3.05) is 31.2 Å². The summed E-state index contributed by atoms with van der Waals surface area (Å²) in [5.41, 5.74) is 5.81. The first-order valence-electron chi connectivity index (χ1n) is 17.6. The van der Waals surface area contributed by atoms with Gasteiger partial charge in [0.2, 0.25) is 0 Å². The lowest BCUT2D eigenvalue weighted by molar-refractivity contribution is 0.122. The van der Waals surface area contributed by atoms with E-state index in [2.05, 4.69) is 109 Å². The minimum absolute atomic E-state index is 0.252. The summed E-state index contributed by atoms with van der Waals surface area (Å²) >= 11 is 0. The van der Waals surface area contributed by atoms with Crippen molar-refractivity contribution in [3.05, 3.63) is 195 Å². The van der Waals surface area contributed by atoms with Crippen molar-refractivity contribution >= 4 is 33.3 Å². The molecule has 0 saturated carbocycles. The van der Waals surface area contributed by atoms with E-state index in [0.717, 1.165) is 81.5 Å². The van der Waals surface area contributed by atoms with Crippen LogP contribution in [0, 0.1) is 6.92 Å². The zero-order valence-corrected chi connectivity index (χ0v) is 28.4. The van der Waals surface area contributed by atoms with Crippen molar-refractivity contribution in [2.45, 2.75) is 18.4 Å². The molecule has 7 aromatic rings. The maximum absolute atomic E-state index is 14.4. The molecule has 1 aromatic heterocycles. The summed E-state index contributed by atoms with van der Waals surface area (Å²) in [6, 6.07) is 47.9. The van der Waals surface area contributed by atoms with Crippen molar-refractivity contribution in [2.24, 2.45) is 0 Å². The molecule has 51 heavy (non-hydrogen) atoms. The number of morpholine rings is 1. The van der Waals surface area contributed by atoms with Crippen LogP contribution in [-0.4, -0.2) is 26.3 Å². The molecule has 1 atom stereocenters. The Balaban J connectivity index is 1.25. The fourth-order valence-electron chi connectivity index (χ4n) is 7.84.